The fourth-order valence-electron chi connectivity index (χ4n) is 2.70. The Morgan fingerprint density at radius 3 is 2.24 bits per heavy atom. The molecule has 0 radical (unpaired) electrons. The summed E-state index contributed by atoms with van der Waals surface area (Å²) in [6.07, 6.45) is 1.41. The van der Waals surface area contributed by atoms with Gasteiger partial charge in [-0.3, -0.25) is 4.79 Å². The molecule has 0 fully saturated rings. The Labute approximate surface area is 147 Å². The largest absolute Gasteiger partial charge is 0.465 e. The maximum Gasteiger partial charge on any atom is 0.337 e. The molecule has 0 aliphatic carbocycles. The molecule has 5 heteroatoms. The number of rotatable bonds is 8. The molecule has 1 unspecified atom stereocenters. The Morgan fingerprint density at radius 1 is 1.00 bits per heavy atom. The summed E-state index contributed by atoms with van der Waals surface area (Å²) in [5.74, 6) is -0.415. The first kappa shape index (κ1) is 18.7. The third-order valence-electron chi connectivity index (χ3n) is 4.10. The lowest BCUT2D eigenvalue weighted by Crippen LogP contribution is -2.26. The molecule has 0 heterocycles. The summed E-state index contributed by atoms with van der Waals surface area (Å²) < 4.78 is 4.63. The predicted octanol–water partition coefficient (Wildman–Crippen LogP) is 2.76. The van der Waals surface area contributed by atoms with Gasteiger partial charge in [-0.25, -0.2) is 4.79 Å². The van der Waals surface area contributed by atoms with Crippen molar-refractivity contribution in [2.75, 3.05) is 20.3 Å². The number of carbonyl (C=O) groups excluding carboxylic acids is 2. The number of methoxy groups -OCH3 is 1. The number of carbonyl (C=O) groups is 2. The van der Waals surface area contributed by atoms with Gasteiger partial charge >= 0.3 is 5.97 Å². The van der Waals surface area contributed by atoms with Crippen LogP contribution in [0.25, 0.3) is 0 Å². The Hall–Kier alpha value is -2.66. The second-order valence-corrected chi connectivity index (χ2v) is 5.73. The number of nitrogens with one attached hydrogen (secondary N) is 1. The minimum absolute atomic E-state index is 0.114. The molecule has 0 saturated heterocycles. The zero-order valence-electron chi connectivity index (χ0n) is 14.3. The van der Waals surface area contributed by atoms with Crippen LogP contribution in [-0.2, 0) is 4.74 Å². The van der Waals surface area contributed by atoms with Gasteiger partial charge < -0.3 is 15.2 Å². The smallest absolute Gasteiger partial charge is 0.337 e. The lowest BCUT2D eigenvalue weighted by molar-refractivity contribution is 0.0600. The Bertz CT molecular complexity index is 683. The third-order valence-corrected chi connectivity index (χ3v) is 4.10. The molecule has 1 atom stereocenters. The average molecular weight is 341 g/mol. The third kappa shape index (κ3) is 5.43. The molecule has 2 rings (SSSR count). The zero-order valence-corrected chi connectivity index (χ0v) is 14.3. The molecular weight excluding hydrogens is 318 g/mol. The van der Waals surface area contributed by atoms with Gasteiger partial charge in [0.25, 0.3) is 5.91 Å². The maximum absolute atomic E-state index is 12.2. The maximum atomic E-state index is 12.2. The minimum Gasteiger partial charge on any atom is -0.465 e. The fraction of sp³-hybridized carbons (Fsp3) is 0.300. The molecule has 0 aliphatic heterocycles. The molecule has 5 nitrogen and oxygen atoms in total. The number of hydrogen-bond donors (Lipinski definition) is 2. The molecule has 25 heavy (non-hydrogen) atoms. The van der Waals surface area contributed by atoms with Crippen molar-refractivity contribution in [3.05, 3.63) is 71.3 Å². The Morgan fingerprint density at radius 2 is 1.64 bits per heavy atom. The van der Waals surface area contributed by atoms with Crippen molar-refractivity contribution < 1.29 is 19.4 Å². The summed E-state index contributed by atoms with van der Waals surface area (Å²) >= 11 is 0. The molecular formula is C20H23NO4. The van der Waals surface area contributed by atoms with Crippen LogP contribution < -0.4 is 5.32 Å². The average Bonchev–Trinajstić information content (AvgIpc) is 2.67. The molecule has 0 aliphatic rings. The standard InChI is InChI=1S/C20H23NO4/c1-25-20(24)18-9-7-17(8-10-18)19(23)21-13-11-16(12-14-22)15-5-3-2-4-6-15/h2-10,16,22H,11-14H2,1H3,(H,21,23). The van der Waals surface area contributed by atoms with E-state index < -0.39 is 5.97 Å². The highest BCUT2D eigenvalue weighted by molar-refractivity contribution is 5.96. The molecule has 132 valence electrons. The van der Waals surface area contributed by atoms with Crippen LogP contribution >= 0.6 is 0 Å². The molecule has 0 spiro atoms. The first-order valence-electron chi connectivity index (χ1n) is 8.28. The van der Waals surface area contributed by atoms with E-state index >= 15 is 0 Å². The van der Waals surface area contributed by atoms with Crippen molar-refractivity contribution in [1.82, 2.24) is 5.32 Å². The quantitative estimate of drug-likeness (QED) is 0.724. The second-order valence-electron chi connectivity index (χ2n) is 5.73. The van der Waals surface area contributed by atoms with E-state index in [2.05, 4.69) is 10.1 Å². The molecule has 2 aromatic rings. The number of amides is 1. The van der Waals surface area contributed by atoms with Crippen LogP contribution in [0.2, 0.25) is 0 Å². The van der Waals surface area contributed by atoms with E-state index in [1.54, 1.807) is 24.3 Å². The van der Waals surface area contributed by atoms with E-state index in [0.29, 0.717) is 24.1 Å². The van der Waals surface area contributed by atoms with Crippen LogP contribution in [-0.4, -0.2) is 37.2 Å². The normalized spacial score (nSPS) is 11.6. The second kappa shape index (κ2) is 9.59. The predicted molar refractivity (Wildman–Crippen MR) is 95.6 cm³/mol. The molecule has 2 aromatic carbocycles. The number of esters is 1. The number of ether oxygens (including phenoxy) is 1. The van der Waals surface area contributed by atoms with Gasteiger partial charge in [0.15, 0.2) is 0 Å². The fourth-order valence-corrected chi connectivity index (χ4v) is 2.70. The number of hydrogen-bond acceptors (Lipinski definition) is 4. The first-order chi connectivity index (χ1) is 12.2. The summed E-state index contributed by atoms with van der Waals surface area (Å²) in [5, 5.41) is 12.1. The van der Waals surface area contributed by atoms with E-state index in [1.807, 2.05) is 30.3 Å². The molecule has 0 bridgehead atoms. The lowest BCUT2D eigenvalue weighted by Gasteiger charge is -2.16. The van der Waals surface area contributed by atoms with Gasteiger partial charge in [0.1, 0.15) is 0 Å². The molecule has 1 amide bonds. The van der Waals surface area contributed by atoms with E-state index in [9.17, 15) is 14.7 Å². The lowest BCUT2D eigenvalue weighted by atomic mass is 9.93. The van der Waals surface area contributed by atoms with Gasteiger partial charge in [-0.2, -0.15) is 0 Å². The summed E-state index contributed by atoms with van der Waals surface area (Å²) in [4.78, 5) is 23.6. The van der Waals surface area contributed by atoms with Crippen molar-refractivity contribution in [3.8, 4) is 0 Å². The van der Waals surface area contributed by atoms with E-state index in [-0.39, 0.29) is 18.4 Å². The molecule has 0 aromatic heterocycles. The van der Waals surface area contributed by atoms with Gasteiger partial charge in [0, 0.05) is 18.7 Å². The Balaban J connectivity index is 1.89. The van der Waals surface area contributed by atoms with E-state index in [0.717, 1.165) is 12.0 Å². The van der Waals surface area contributed by atoms with E-state index in [4.69, 9.17) is 0 Å². The monoisotopic (exact) mass is 341 g/mol. The van der Waals surface area contributed by atoms with Gasteiger partial charge in [0.2, 0.25) is 0 Å². The minimum atomic E-state index is -0.429. The molecule has 2 N–H and O–H groups in total. The number of benzene rings is 2. The van der Waals surface area contributed by atoms with Crippen LogP contribution in [0, 0.1) is 0 Å². The van der Waals surface area contributed by atoms with Crippen molar-refractivity contribution in [1.29, 1.82) is 0 Å². The van der Waals surface area contributed by atoms with Gasteiger partial charge in [0.05, 0.1) is 12.7 Å². The summed E-state index contributed by atoms with van der Waals surface area (Å²) in [7, 11) is 1.32. The van der Waals surface area contributed by atoms with Crippen LogP contribution in [0.1, 0.15) is 45.0 Å². The van der Waals surface area contributed by atoms with Crippen molar-refractivity contribution in [3.63, 3.8) is 0 Å². The highest BCUT2D eigenvalue weighted by atomic mass is 16.5. The van der Waals surface area contributed by atoms with Crippen LogP contribution in [0.5, 0.6) is 0 Å². The number of aliphatic hydroxyl groups excluding tert-OH is 1. The zero-order chi connectivity index (χ0) is 18.1. The Kier molecular flexibility index (Phi) is 7.16. The van der Waals surface area contributed by atoms with Crippen LogP contribution in [0.15, 0.2) is 54.6 Å². The molecule has 0 saturated carbocycles. The van der Waals surface area contributed by atoms with Gasteiger partial charge in [-0.1, -0.05) is 30.3 Å². The highest BCUT2D eigenvalue weighted by Gasteiger charge is 2.12. The first-order valence-corrected chi connectivity index (χ1v) is 8.28. The van der Waals surface area contributed by atoms with Gasteiger partial charge in [-0.05, 0) is 48.6 Å². The van der Waals surface area contributed by atoms with Crippen molar-refractivity contribution >= 4 is 11.9 Å². The summed E-state index contributed by atoms with van der Waals surface area (Å²) in [6, 6.07) is 16.3. The van der Waals surface area contributed by atoms with E-state index in [1.165, 1.54) is 7.11 Å². The summed E-state index contributed by atoms with van der Waals surface area (Å²) in [5.41, 5.74) is 2.06. The SMILES string of the molecule is COC(=O)c1ccc(C(=O)NCCC(CCO)c2ccccc2)cc1. The van der Waals surface area contributed by atoms with Crippen LogP contribution in [0.4, 0.5) is 0 Å². The number of aliphatic hydroxyl groups is 1. The van der Waals surface area contributed by atoms with Crippen molar-refractivity contribution in [2.24, 2.45) is 0 Å². The highest BCUT2D eigenvalue weighted by Crippen LogP contribution is 2.22. The van der Waals surface area contributed by atoms with Crippen molar-refractivity contribution in [2.45, 2.75) is 18.8 Å². The summed E-state index contributed by atoms with van der Waals surface area (Å²) in [6.45, 7) is 0.625. The van der Waals surface area contributed by atoms with Crippen LogP contribution in [0.3, 0.4) is 0 Å². The van der Waals surface area contributed by atoms with Gasteiger partial charge in [-0.15, -0.1) is 0 Å². The topological polar surface area (TPSA) is 75.6 Å².